The van der Waals surface area contributed by atoms with Gasteiger partial charge in [-0.25, -0.2) is 0 Å². The fraction of sp³-hybridized carbons (Fsp3) is 0.389. The molecule has 0 fully saturated rings. The molecule has 1 atom stereocenters. The molecule has 0 amide bonds. The van der Waals surface area contributed by atoms with Gasteiger partial charge in [-0.2, -0.15) is 0 Å². The van der Waals surface area contributed by atoms with Crippen LogP contribution in [0, 0.1) is 6.92 Å². The van der Waals surface area contributed by atoms with Crippen LogP contribution in [-0.2, 0) is 6.54 Å². The first-order chi connectivity index (χ1) is 10.7. The van der Waals surface area contributed by atoms with Gasteiger partial charge >= 0.3 is 0 Å². The van der Waals surface area contributed by atoms with E-state index in [1.54, 1.807) is 12.4 Å². The molecule has 1 heterocycles. The zero-order valence-electron chi connectivity index (χ0n) is 13.2. The van der Waals surface area contributed by atoms with E-state index in [-0.39, 0.29) is 6.10 Å². The van der Waals surface area contributed by atoms with Crippen molar-refractivity contribution in [3.63, 3.8) is 0 Å². The van der Waals surface area contributed by atoms with E-state index >= 15 is 0 Å². The number of hydrogen-bond acceptors (Lipinski definition) is 4. The monoisotopic (exact) mass is 300 g/mol. The summed E-state index contributed by atoms with van der Waals surface area (Å²) in [6.45, 7) is 5.48. The van der Waals surface area contributed by atoms with E-state index in [1.165, 1.54) is 5.56 Å². The first kappa shape index (κ1) is 16.5. The average Bonchev–Trinajstić information content (AvgIpc) is 2.51. The molecule has 1 unspecified atom stereocenters. The number of ether oxygens (including phenoxy) is 1. The van der Waals surface area contributed by atoms with Crippen LogP contribution in [0.3, 0.4) is 0 Å². The highest BCUT2D eigenvalue weighted by Crippen LogP contribution is 2.25. The predicted molar refractivity (Wildman–Crippen MR) is 88.1 cm³/mol. The highest BCUT2D eigenvalue weighted by Gasteiger charge is 2.05. The van der Waals surface area contributed by atoms with E-state index in [0.717, 1.165) is 36.4 Å². The Labute approximate surface area is 132 Å². The van der Waals surface area contributed by atoms with E-state index in [4.69, 9.17) is 4.74 Å². The maximum atomic E-state index is 9.70. The maximum absolute atomic E-state index is 9.70. The SMILES string of the molecule is CCCC(O)CNCc1ccc(Oc2cccnc2)c(C)c1. The summed E-state index contributed by atoms with van der Waals surface area (Å²) < 4.78 is 5.82. The van der Waals surface area contributed by atoms with Gasteiger partial charge in [-0.3, -0.25) is 4.98 Å². The van der Waals surface area contributed by atoms with Gasteiger partial charge in [0.25, 0.3) is 0 Å². The van der Waals surface area contributed by atoms with Crippen LogP contribution in [-0.4, -0.2) is 22.7 Å². The number of nitrogens with zero attached hydrogens (tertiary/aromatic N) is 1. The zero-order chi connectivity index (χ0) is 15.8. The minimum atomic E-state index is -0.265. The Morgan fingerprint density at radius 2 is 2.18 bits per heavy atom. The molecular weight excluding hydrogens is 276 g/mol. The number of rotatable bonds is 8. The topological polar surface area (TPSA) is 54.4 Å². The van der Waals surface area contributed by atoms with Crippen LogP contribution < -0.4 is 10.1 Å². The van der Waals surface area contributed by atoms with Gasteiger partial charge in [0.2, 0.25) is 0 Å². The van der Waals surface area contributed by atoms with E-state index < -0.39 is 0 Å². The number of aromatic nitrogens is 1. The number of aliphatic hydroxyl groups is 1. The summed E-state index contributed by atoms with van der Waals surface area (Å²) in [7, 11) is 0. The molecule has 0 spiro atoms. The average molecular weight is 300 g/mol. The largest absolute Gasteiger partial charge is 0.455 e. The predicted octanol–water partition coefficient (Wildman–Crippen LogP) is 3.43. The summed E-state index contributed by atoms with van der Waals surface area (Å²) in [5, 5.41) is 13.0. The number of benzene rings is 1. The number of nitrogens with one attached hydrogen (secondary N) is 1. The summed E-state index contributed by atoms with van der Waals surface area (Å²) in [6.07, 6.45) is 5.00. The van der Waals surface area contributed by atoms with Crippen molar-refractivity contribution < 1.29 is 9.84 Å². The molecule has 0 aliphatic rings. The van der Waals surface area contributed by atoms with Gasteiger partial charge in [0.15, 0.2) is 0 Å². The van der Waals surface area contributed by atoms with Gasteiger partial charge in [0.05, 0.1) is 12.3 Å². The second-order valence-corrected chi connectivity index (χ2v) is 5.46. The molecule has 0 saturated carbocycles. The molecule has 0 aliphatic carbocycles. The summed E-state index contributed by atoms with van der Waals surface area (Å²) in [4.78, 5) is 4.04. The minimum Gasteiger partial charge on any atom is -0.455 e. The Hall–Kier alpha value is -1.91. The third-order valence-corrected chi connectivity index (χ3v) is 3.43. The molecule has 0 saturated heterocycles. The molecule has 22 heavy (non-hydrogen) atoms. The van der Waals surface area contributed by atoms with Crippen LogP contribution in [0.15, 0.2) is 42.7 Å². The Bertz CT molecular complexity index is 573. The molecule has 1 aromatic heterocycles. The van der Waals surface area contributed by atoms with Gasteiger partial charge in [-0.15, -0.1) is 0 Å². The molecule has 0 radical (unpaired) electrons. The lowest BCUT2D eigenvalue weighted by molar-refractivity contribution is 0.160. The lowest BCUT2D eigenvalue weighted by Gasteiger charge is -2.12. The number of pyridine rings is 1. The normalized spacial score (nSPS) is 12.1. The first-order valence-electron chi connectivity index (χ1n) is 7.75. The second-order valence-electron chi connectivity index (χ2n) is 5.46. The molecule has 1 aromatic carbocycles. The van der Waals surface area contributed by atoms with Gasteiger partial charge in [0.1, 0.15) is 11.5 Å². The highest BCUT2D eigenvalue weighted by atomic mass is 16.5. The Morgan fingerprint density at radius 1 is 1.32 bits per heavy atom. The molecule has 4 nitrogen and oxygen atoms in total. The standard InChI is InChI=1S/C18H24N2O2/c1-3-5-16(21)12-20-11-15-7-8-18(14(2)10-15)22-17-6-4-9-19-13-17/h4,6-10,13,16,20-21H,3,5,11-12H2,1-2H3. The van der Waals surface area contributed by atoms with Crippen molar-refractivity contribution in [2.75, 3.05) is 6.54 Å². The molecule has 2 aromatic rings. The number of aryl methyl sites for hydroxylation is 1. The number of hydrogen-bond donors (Lipinski definition) is 2. The molecule has 4 heteroatoms. The Morgan fingerprint density at radius 3 is 2.86 bits per heavy atom. The third kappa shape index (κ3) is 5.13. The van der Waals surface area contributed by atoms with Gasteiger partial charge in [-0.05, 0) is 42.7 Å². The van der Waals surface area contributed by atoms with Gasteiger partial charge < -0.3 is 15.2 Å². The minimum absolute atomic E-state index is 0.265. The van der Waals surface area contributed by atoms with Crippen LogP contribution in [0.2, 0.25) is 0 Å². The maximum Gasteiger partial charge on any atom is 0.145 e. The lowest BCUT2D eigenvalue weighted by atomic mass is 10.1. The molecule has 0 aliphatic heterocycles. The van der Waals surface area contributed by atoms with E-state index in [2.05, 4.69) is 23.3 Å². The lowest BCUT2D eigenvalue weighted by Crippen LogP contribution is -2.26. The zero-order valence-corrected chi connectivity index (χ0v) is 13.2. The number of aliphatic hydroxyl groups excluding tert-OH is 1. The van der Waals surface area contributed by atoms with Crippen molar-refractivity contribution in [1.29, 1.82) is 0 Å². The van der Waals surface area contributed by atoms with E-state index in [1.807, 2.05) is 31.2 Å². The van der Waals surface area contributed by atoms with Crippen molar-refractivity contribution in [2.24, 2.45) is 0 Å². The fourth-order valence-corrected chi connectivity index (χ4v) is 2.29. The Kier molecular flexibility index (Phi) is 6.37. The quantitative estimate of drug-likeness (QED) is 0.784. The Balaban J connectivity index is 1.89. The van der Waals surface area contributed by atoms with E-state index in [0.29, 0.717) is 6.54 Å². The molecule has 118 valence electrons. The van der Waals surface area contributed by atoms with Gasteiger partial charge in [0, 0.05) is 19.3 Å². The van der Waals surface area contributed by atoms with Crippen molar-refractivity contribution in [2.45, 2.75) is 39.3 Å². The molecule has 2 N–H and O–H groups in total. The fourth-order valence-electron chi connectivity index (χ4n) is 2.29. The molecular formula is C18H24N2O2. The van der Waals surface area contributed by atoms with E-state index in [9.17, 15) is 5.11 Å². The van der Waals surface area contributed by atoms with Crippen molar-refractivity contribution in [3.8, 4) is 11.5 Å². The van der Waals surface area contributed by atoms with Crippen molar-refractivity contribution >= 4 is 0 Å². The summed E-state index contributed by atoms with van der Waals surface area (Å²) in [6, 6.07) is 9.85. The van der Waals surface area contributed by atoms with Crippen molar-refractivity contribution in [1.82, 2.24) is 10.3 Å². The second kappa shape index (κ2) is 8.51. The first-order valence-corrected chi connectivity index (χ1v) is 7.75. The van der Waals surface area contributed by atoms with Crippen LogP contribution in [0.25, 0.3) is 0 Å². The van der Waals surface area contributed by atoms with Crippen LogP contribution in [0.5, 0.6) is 11.5 Å². The van der Waals surface area contributed by atoms with Gasteiger partial charge in [-0.1, -0.05) is 25.5 Å². The summed E-state index contributed by atoms with van der Waals surface area (Å²) in [5.74, 6) is 1.57. The van der Waals surface area contributed by atoms with Crippen molar-refractivity contribution in [3.05, 3.63) is 53.9 Å². The van der Waals surface area contributed by atoms with Crippen LogP contribution in [0.1, 0.15) is 30.9 Å². The summed E-state index contributed by atoms with van der Waals surface area (Å²) in [5.41, 5.74) is 2.26. The van der Waals surface area contributed by atoms with Crippen LogP contribution >= 0.6 is 0 Å². The highest BCUT2D eigenvalue weighted by molar-refractivity contribution is 5.39. The molecule has 0 bridgehead atoms. The smallest absolute Gasteiger partial charge is 0.145 e. The summed E-state index contributed by atoms with van der Waals surface area (Å²) >= 11 is 0. The third-order valence-electron chi connectivity index (χ3n) is 3.43. The van der Waals surface area contributed by atoms with Crippen LogP contribution in [0.4, 0.5) is 0 Å². The molecule has 2 rings (SSSR count).